The maximum Gasteiger partial charge on any atom is -0.0274 e. The van der Waals surface area contributed by atoms with Crippen molar-refractivity contribution < 1.29 is 0 Å². The van der Waals surface area contributed by atoms with E-state index in [4.69, 9.17) is 0 Å². The summed E-state index contributed by atoms with van der Waals surface area (Å²) in [6.45, 7) is 11.6. The van der Waals surface area contributed by atoms with Gasteiger partial charge in [-0.1, -0.05) is 85.0 Å². The third-order valence-corrected chi connectivity index (χ3v) is 6.00. The summed E-state index contributed by atoms with van der Waals surface area (Å²) in [5.41, 5.74) is 8.27. The first kappa shape index (κ1) is 25.0. The Labute approximate surface area is 177 Å². The van der Waals surface area contributed by atoms with Crippen LogP contribution >= 0.6 is 0 Å². The van der Waals surface area contributed by atoms with Gasteiger partial charge in [0, 0.05) is 0 Å². The van der Waals surface area contributed by atoms with Crippen molar-refractivity contribution in [1.82, 2.24) is 0 Å². The molecule has 0 aromatic carbocycles. The standard InChI is InChI=1S/C28H48/c1-6-11-16-24-21-22-25(17-12-7-2)28(20-15-10-5)27(19-14-9-4)23-26(24)18-13-8-3/h21-23H,6-20H2,1-5H3/b22-21?,24-21-,25-22-,26-23-,26-24?,27-23?,28-25?,28-27-. The predicted molar refractivity (Wildman–Crippen MR) is 129 cm³/mol. The molecule has 1 rings (SSSR count). The second-order valence-electron chi connectivity index (χ2n) is 8.57. The van der Waals surface area contributed by atoms with Crippen LogP contribution in [0.4, 0.5) is 0 Å². The van der Waals surface area contributed by atoms with E-state index in [0.717, 1.165) is 0 Å². The molecule has 0 saturated carbocycles. The van der Waals surface area contributed by atoms with Crippen LogP contribution in [0.5, 0.6) is 0 Å². The van der Waals surface area contributed by atoms with E-state index in [9.17, 15) is 0 Å². The number of allylic oxidation sites excluding steroid dienone is 8. The summed E-state index contributed by atoms with van der Waals surface area (Å²) >= 11 is 0. The number of hydrogen-bond acceptors (Lipinski definition) is 0. The van der Waals surface area contributed by atoms with Gasteiger partial charge in [0.2, 0.25) is 0 Å². The van der Waals surface area contributed by atoms with Crippen LogP contribution in [0, 0.1) is 0 Å². The summed E-state index contributed by atoms with van der Waals surface area (Å²) in [6, 6.07) is 0. The van der Waals surface area contributed by atoms with Gasteiger partial charge < -0.3 is 0 Å². The molecule has 0 nitrogen and oxygen atoms in total. The van der Waals surface area contributed by atoms with E-state index in [2.05, 4.69) is 52.8 Å². The molecular weight excluding hydrogens is 336 g/mol. The third kappa shape index (κ3) is 8.97. The fraction of sp³-hybridized carbons (Fsp3) is 0.714. The minimum absolute atomic E-state index is 1.24. The Bertz CT molecular complexity index is 532. The first-order valence-corrected chi connectivity index (χ1v) is 12.5. The van der Waals surface area contributed by atoms with Crippen LogP contribution in [0.1, 0.15) is 131 Å². The molecular formula is C28H48. The monoisotopic (exact) mass is 384 g/mol. The second-order valence-corrected chi connectivity index (χ2v) is 8.57. The van der Waals surface area contributed by atoms with E-state index in [1.807, 2.05) is 0 Å². The van der Waals surface area contributed by atoms with Crippen LogP contribution in [0.25, 0.3) is 0 Å². The largest absolute Gasteiger partial charge is 0.0654 e. The molecule has 0 N–H and O–H groups in total. The van der Waals surface area contributed by atoms with Gasteiger partial charge in [0.05, 0.1) is 0 Å². The van der Waals surface area contributed by atoms with Gasteiger partial charge in [-0.15, -0.1) is 0 Å². The molecule has 0 bridgehead atoms. The minimum atomic E-state index is 1.24. The highest BCUT2D eigenvalue weighted by atomic mass is 14.2. The summed E-state index contributed by atoms with van der Waals surface area (Å²) in [5, 5.41) is 0. The van der Waals surface area contributed by atoms with Crippen LogP contribution in [-0.4, -0.2) is 0 Å². The molecule has 0 radical (unpaired) electrons. The zero-order chi connectivity index (χ0) is 20.6. The van der Waals surface area contributed by atoms with Gasteiger partial charge in [-0.05, 0) is 92.1 Å². The van der Waals surface area contributed by atoms with Crippen LogP contribution in [-0.2, 0) is 0 Å². The summed E-state index contributed by atoms with van der Waals surface area (Å²) in [5.74, 6) is 0. The first-order valence-electron chi connectivity index (χ1n) is 12.5. The lowest BCUT2D eigenvalue weighted by Gasteiger charge is -2.22. The van der Waals surface area contributed by atoms with Crippen molar-refractivity contribution in [2.45, 2.75) is 131 Å². The summed E-state index contributed by atoms with van der Waals surface area (Å²) in [4.78, 5) is 0. The molecule has 1 aliphatic rings. The number of rotatable bonds is 15. The van der Waals surface area contributed by atoms with Crippen molar-refractivity contribution in [2.75, 3.05) is 0 Å². The average Bonchev–Trinajstić information content (AvgIpc) is 2.70. The quantitative estimate of drug-likeness (QED) is 0.263. The van der Waals surface area contributed by atoms with Crippen molar-refractivity contribution in [2.24, 2.45) is 0 Å². The third-order valence-electron chi connectivity index (χ3n) is 6.00. The Morgan fingerprint density at radius 3 is 1.46 bits per heavy atom. The van der Waals surface area contributed by atoms with Gasteiger partial charge >= 0.3 is 0 Å². The number of hydrogen-bond donors (Lipinski definition) is 0. The lowest BCUT2D eigenvalue weighted by molar-refractivity contribution is 0.725. The van der Waals surface area contributed by atoms with Gasteiger partial charge in [0.25, 0.3) is 0 Å². The van der Waals surface area contributed by atoms with E-state index in [-0.39, 0.29) is 0 Å². The zero-order valence-corrected chi connectivity index (χ0v) is 19.8. The molecule has 160 valence electrons. The Hall–Kier alpha value is -1.04. The van der Waals surface area contributed by atoms with Crippen LogP contribution < -0.4 is 0 Å². The summed E-state index contributed by atoms with van der Waals surface area (Å²) in [7, 11) is 0. The SMILES string of the molecule is CCCCC1=C/C=C(CCCC)\C(CCCC)=C(CCCC)/C=C\1CCCC. The molecule has 0 saturated heterocycles. The molecule has 0 aromatic heterocycles. The number of unbranched alkanes of at least 4 members (excludes halogenated alkanes) is 5. The van der Waals surface area contributed by atoms with E-state index < -0.39 is 0 Å². The highest BCUT2D eigenvalue weighted by molar-refractivity contribution is 5.50. The topological polar surface area (TPSA) is 0 Å². The van der Waals surface area contributed by atoms with Crippen LogP contribution in [0.15, 0.2) is 46.1 Å². The molecule has 0 heteroatoms. The molecule has 0 unspecified atom stereocenters. The molecule has 0 fully saturated rings. The van der Waals surface area contributed by atoms with Gasteiger partial charge in [-0.3, -0.25) is 0 Å². The molecule has 1 aliphatic carbocycles. The smallest absolute Gasteiger partial charge is 0.0274 e. The van der Waals surface area contributed by atoms with Crippen molar-refractivity contribution >= 4 is 0 Å². The van der Waals surface area contributed by atoms with E-state index >= 15 is 0 Å². The fourth-order valence-electron chi connectivity index (χ4n) is 4.08. The van der Waals surface area contributed by atoms with Crippen molar-refractivity contribution in [3.63, 3.8) is 0 Å². The van der Waals surface area contributed by atoms with E-state index in [1.54, 1.807) is 27.9 Å². The van der Waals surface area contributed by atoms with Crippen molar-refractivity contribution in [3.8, 4) is 0 Å². The van der Waals surface area contributed by atoms with Gasteiger partial charge in [-0.2, -0.15) is 0 Å². The second kappa shape index (κ2) is 15.8. The average molecular weight is 385 g/mol. The Morgan fingerprint density at radius 2 is 0.893 bits per heavy atom. The molecule has 0 aliphatic heterocycles. The lowest BCUT2D eigenvalue weighted by Crippen LogP contribution is -2.02. The highest BCUT2D eigenvalue weighted by Gasteiger charge is 2.15. The lowest BCUT2D eigenvalue weighted by atomic mass is 9.84. The van der Waals surface area contributed by atoms with Crippen molar-refractivity contribution in [1.29, 1.82) is 0 Å². The molecule has 0 amide bonds. The van der Waals surface area contributed by atoms with E-state index in [0.29, 0.717) is 0 Å². The summed E-state index contributed by atoms with van der Waals surface area (Å²) < 4.78 is 0. The first-order chi connectivity index (χ1) is 13.7. The fourth-order valence-corrected chi connectivity index (χ4v) is 4.08. The predicted octanol–water partition coefficient (Wildman–Crippen LogP) is 10.0. The van der Waals surface area contributed by atoms with Gasteiger partial charge in [0.1, 0.15) is 0 Å². The van der Waals surface area contributed by atoms with Gasteiger partial charge in [-0.25, -0.2) is 0 Å². The molecule has 0 spiro atoms. The molecule has 28 heavy (non-hydrogen) atoms. The van der Waals surface area contributed by atoms with Crippen LogP contribution in [0.3, 0.4) is 0 Å². The molecule has 0 aromatic rings. The maximum atomic E-state index is 2.65. The van der Waals surface area contributed by atoms with Crippen LogP contribution in [0.2, 0.25) is 0 Å². The minimum Gasteiger partial charge on any atom is -0.0654 e. The molecule has 0 atom stereocenters. The maximum absolute atomic E-state index is 2.65. The Kier molecular flexibility index (Phi) is 14.1. The Morgan fingerprint density at radius 1 is 0.464 bits per heavy atom. The van der Waals surface area contributed by atoms with E-state index in [1.165, 1.54) is 96.3 Å². The highest BCUT2D eigenvalue weighted by Crippen LogP contribution is 2.34. The van der Waals surface area contributed by atoms with Gasteiger partial charge in [0.15, 0.2) is 0 Å². The van der Waals surface area contributed by atoms with Crippen molar-refractivity contribution in [3.05, 3.63) is 46.1 Å². The summed E-state index contributed by atoms with van der Waals surface area (Å²) in [6.07, 6.45) is 26.9. The Balaban J connectivity index is 3.39. The normalized spacial score (nSPS) is 23.2. The zero-order valence-electron chi connectivity index (χ0n) is 19.8. The molecule has 0 heterocycles.